The summed E-state index contributed by atoms with van der Waals surface area (Å²) in [6.07, 6.45) is -10.8. The molecule has 1 aromatic rings. The van der Waals surface area contributed by atoms with Crippen LogP contribution in [0.1, 0.15) is 21.5 Å². The van der Waals surface area contributed by atoms with E-state index in [4.69, 9.17) is 0 Å². The lowest BCUT2D eigenvalue weighted by molar-refractivity contribution is -0.162. The number of alkyl halides is 6. The van der Waals surface area contributed by atoms with E-state index in [1.807, 2.05) is 0 Å². The summed E-state index contributed by atoms with van der Waals surface area (Å²) in [5.74, 6) is -0.475. The van der Waals surface area contributed by atoms with Gasteiger partial charge in [0.15, 0.2) is 6.29 Å². The van der Waals surface area contributed by atoms with Crippen LogP contribution < -0.4 is 4.74 Å². The lowest BCUT2D eigenvalue weighted by atomic mass is 10.00. The first-order valence-corrected chi connectivity index (χ1v) is 4.43. The fraction of sp³-hybridized carbons (Fsp3) is 0.300. The summed E-state index contributed by atoms with van der Waals surface area (Å²) in [6.45, 7) is 0. The smallest absolute Gasteiger partial charge is 0.417 e. The van der Waals surface area contributed by atoms with Gasteiger partial charge in [-0.2, -0.15) is 26.3 Å². The van der Waals surface area contributed by atoms with Gasteiger partial charge in [0.05, 0.1) is 18.2 Å². The molecule has 2 nitrogen and oxygen atoms in total. The largest absolute Gasteiger partial charge is 0.497 e. The van der Waals surface area contributed by atoms with Crippen molar-refractivity contribution in [3.8, 4) is 5.75 Å². The molecule has 0 unspecified atom stereocenters. The van der Waals surface area contributed by atoms with Crippen molar-refractivity contribution in [2.75, 3.05) is 7.11 Å². The van der Waals surface area contributed by atoms with E-state index < -0.39 is 34.8 Å². The van der Waals surface area contributed by atoms with Crippen LogP contribution in [0.15, 0.2) is 12.1 Å². The third kappa shape index (κ3) is 2.74. The molecule has 18 heavy (non-hydrogen) atoms. The summed E-state index contributed by atoms with van der Waals surface area (Å²) < 4.78 is 79.7. The minimum Gasteiger partial charge on any atom is -0.497 e. The molecule has 0 saturated carbocycles. The molecule has 0 bridgehead atoms. The lowest BCUT2D eigenvalue weighted by Crippen LogP contribution is -2.19. The van der Waals surface area contributed by atoms with E-state index in [9.17, 15) is 31.1 Å². The Morgan fingerprint density at radius 3 is 1.94 bits per heavy atom. The zero-order chi connectivity index (χ0) is 14.1. The van der Waals surface area contributed by atoms with Crippen LogP contribution in [0.3, 0.4) is 0 Å². The average molecular weight is 272 g/mol. The molecule has 8 heteroatoms. The van der Waals surface area contributed by atoms with Crippen molar-refractivity contribution in [2.24, 2.45) is 0 Å². The summed E-state index contributed by atoms with van der Waals surface area (Å²) in [5.41, 5.74) is -5.07. The van der Waals surface area contributed by atoms with Gasteiger partial charge in [-0.3, -0.25) is 4.79 Å². The number of methoxy groups -OCH3 is 1. The molecule has 0 saturated heterocycles. The first-order chi connectivity index (χ1) is 8.11. The van der Waals surface area contributed by atoms with Gasteiger partial charge in [-0.15, -0.1) is 0 Å². The predicted octanol–water partition coefficient (Wildman–Crippen LogP) is 3.55. The molecule has 0 aliphatic carbocycles. The second-order valence-corrected chi connectivity index (χ2v) is 3.25. The average Bonchev–Trinajstić information content (AvgIpc) is 2.24. The van der Waals surface area contributed by atoms with Gasteiger partial charge in [0.25, 0.3) is 0 Å². The van der Waals surface area contributed by atoms with Gasteiger partial charge >= 0.3 is 12.4 Å². The number of benzene rings is 1. The highest BCUT2D eigenvalue weighted by atomic mass is 19.4. The summed E-state index contributed by atoms with van der Waals surface area (Å²) in [5, 5.41) is 0. The highest BCUT2D eigenvalue weighted by Gasteiger charge is 2.45. The molecular formula is C10H6F6O2. The van der Waals surface area contributed by atoms with E-state index in [2.05, 4.69) is 4.74 Å². The molecular weight excluding hydrogens is 266 g/mol. The van der Waals surface area contributed by atoms with E-state index in [0.29, 0.717) is 6.07 Å². The van der Waals surface area contributed by atoms with Crippen LogP contribution in [0.2, 0.25) is 0 Å². The summed E-state index contributed by atoms with van der Waals surface area (Å²) in [6, 6.07) is 0.806. The SMILES string of the molecule is COc1cc(C=O)c(C(F)(F)F)c(C(F)(F)F)c1. The number of rotatable bonds is 2. The minimum atomic E-state index is -5.28. The fourth-order valence-electron chi connectivity index (χ4n) is 1.39. The highest BCUT2D eigenvalue weighted by Crippen LogP contribution is 2.43. The Morgan fingerprint density at radius 2 is 1.61 bits per heavy atom. The van der Waals surface area contributed by atoms with Crippen LogP contribution in [0.4, 0.5) is 26.3 Å². The molecule has 100 valence electrons. The zero-order valence-corrected chi connectivity index (χ0v) is 8.82. The van der Waals surface area contributed by atoms with Crippen LogP contribution in [-0.4, -0.2) is 13.4 Å². The predicted molar refractivity (Wildman–Crippen MR) is 48.4 cm³/mol. The molecule has 0 spiro atoms. The summed E-state index contributed by atoms with van der Waals surface area (Å²) in [7, 11) is 0.983. The number of aldehydes is 1. The number of carbonyl (C=O) groups is 1. The molecule has 0 N–H and O–H groups in total. The maximum atomic E-state index is 12.6. The Labute approximate surface area is 97.2 Å². The minimum absolute atomic E-state index is 0.204. The molecule has 0 aliphatic heterocycles. The first kappa shape index (κ1) is 14.3. The van der Waals surface area contributed by atoms with Crippen molar-refractivity contribution in [3.05, 3.63) is 28.8 Å². The number of hydrogen-bond donors (Lipinski definition) is 0. The maximum absolute atomic E-state index is 12.6. The maximum Gasteiger partial charge on any atom is 0.417 e. The molecule has 0 aromatic heterocycles. The molecule has 0 fully saturated rings. The summed E-state index contributed by atoms with van der Waals surface area (Å²) >= 11 is 0. The van der Waals surface area contributed by atoms with Crippen molar-refractivity contribution in [1.29, 1.82) is 0 Å². The second kappa shape index (κ2) is 4.51. The third-order valence-corrected chi connectivity index (χ3v) is 2.09. The monoisotopic (exact) mass is 272 g/mol. The number of ether oxygens (including phenoxy) is 1. The normalized spacial score (nSPS) is 12.4. The van der Waals surface area contributed by atoms with Gasteiger partial charge < -0.3 is 4.74 Å². The van der Waals surface area contributed by atoms with Gasteiger partial charge in [0.2, 0.25) is 0 Å². The molecule has 1 aromatic carbocycles. The van der Waals surface area contributed by atoms with E-state index in [1.165, 1.54) is 0 Å². The van der Waals surface area contributed by atoms with Gasteiger partial charge in [-0.25, -0.2) is 0 Å². The van der Waals surface area contributed by atoms with Crippen molar-refractivity contribution in [1.82, 2.24) is 0 Å². The fourth-order valence-corrected chi connectivity index (χ4v) is 1.39. The quantitative estimate of drug-likeness (QED) is 0.608. The van der Waals surface area contributed by atoms with Crippen molar-refractivity contribution < 1.29 is 35.9 Å². The van der Waals surface area contributed by atoms with Gasteiger partial charge in [-0.05, 0) is 12.1 Å². The first-order valence-electron chi connectivity index (χ1n) is 4.43. The Hall–Kier alpha value is -1.73. The molecule has 0 aliphatic rings. The van der Waals surface area contributed by atoms with Crippen LogP contribution in [0.5, 0.6) is 5.75 Å². The Balaban J connectivity index is 3.69. The van der Waals surface area contributed by atoms with Crippen LogP contribution in [-0.2, 0) is 12.4 Å². The molecule has 0 heterocycles. The third-order valence-electron chi connectivity index (χ3n) is 2.09. The van der Waals surface area contributed by atoms with Crippen molar-refractivity contribution >= 4 is 6.29 Å². The van der Waals surface area contributed by atoms with E-state index in [0.717, 1.165) is 7.11 Å². The molecule has 0 amide bonds. The van der Waals surface area contributed by atoms with E-state index in [-0.39, 0.29) is 12.4 Å². The highest BCUT2D eigenvalue weighted by molar-refractivity contribution is 5.79. The van der Waals surface area contributed by atoms with E-state index >= 15 is 0 Å². The zero-order valence-electron chi connectivity index (χ0n) is 8.82. The van der Waals surface area contributed by atoms with Crippen molar-refractivity contribution in [2.45, 2.75) is 12.4 Å². The summed E-state index contributed by atoms with van der Waals surface area (Å²) in [4.78, 5) is 10.5. The number of halogens is 6. The van der Waals surface area contributed by atoms with E-state index in [1.54, 1.807) is 0 Å². The van der Waals surface area contributed by atoms with Crippen molar-refractivity contribution in [3.63, 3.8) is 0 Å². The van der Waals surface area contributed by atoms with Gasteiger partial charge in [-0.1, -0.05) is 0 Å². The van der Waals surface area contributed by atoms with Crippen LogP contribution in [0, 0.1) is 0 Å². The molecule has 0 atom stereocenters. The molecule has 1 rings (SSSR count). The van der Waals surface area contributed by atoms with Crippen LogP contribution >= 0.6 is 0 Å². The number of hydrogen-bond acceptors (Lipinski definition) is 2. The van der Waals surface area contributed by atoms with Crippen LogP contribution in [0.25, 0.3) is 0 Å². The van der Waals surface area contributed by atoms with Gasteiger partial charge in [0.1, 0.15) is 5.75 Å². The van der Waals surface area contributed by atoms with Gasteiger partial charge in [0, 0.05) is 5.56 Å². The lowest BCUT2D eigenvalue weighted by Gasteiger charge is -2.18. The second-order valence-electron chi connectivity index (χ2n) is 3.25. The standard InChI is InChI=1S/C10H6F6O2/c1-18-6-2-5(4-17)8(10(14,15)16)7(3-6)9(11,12)13/h2-4H,1H3. The Bertz CT molecular complexity index is 461. The Kier molecular flexibility index (Phi) is 3.59. The number of carbonyl (C=O) groups excluding carboxylic acids is 1. The topological polar surface area (TPSA) is 26.3 Å². The molecule has 0 radical (unpaired) electrons. The Morgan fingerprint density at radius 1 is 1.06 bits per heavy atom.